The average molecular weight is 334 g/mol. The summed E-state index contributed by atoms with van der Waals surface area (Å²) < 4.78 is 39.8. The fourth-order valence-electron chi connectivity index (χ4n) is 2.17. The van der Waals surface area contributed by atoms with Gasteiger partial charge in [-0.15, -0.1) is 0 Å². The van der Waals surface area contributed by atoms with Gasteiger partial charge in [0, 0.05) is 17.7 Å². The van der Waals surface area contributed by atoms with Gasteiger partial charge in [-0.2, -0.15) is 18.3 Å². The van der Waals surface area contributed by atoms with E-state index in [1.807, 2.05) is 0 Å². The molecule has 1 heterocycles. The molecule has 122 valence electrons. The van der Waals surface area contributed by atoms with Crippen LogP contribution in [-0.2, 0) is 6.18 Å². The van der Waals surface area contributed by atoms with E-state index < -0.39 is 16.7 Å². The number of halogens is 3. The lowest BCUT2D eigenvalue weighted by molar-refractivity contribution is -0.384. The molecule has 0 bridgehead atoms. The highest BCUT2D eigenvalue weighted by molar-refractivity contribution is 5.59. The van der Waals surface area contributed by atoms with Crippen LogP contribution < -0.4 is 0 Å². The number of hydrogen-bond donors (Lipinski definition) is 0. The molecule has 0 atom stereocenters. The Morgan fingerprint density at radius 2 is 1.79 bits per heavy atom. The zero-order valence-corrected chi connectivity index (χ0v) is 11.9. The molecule has 2 aromatic carbocycles. The Kier molecular flexibility index (Phi) is 3.76. The zero-order valence-electron chi connectivity index (χ0n) is 11.9. The number of nitro benzene ring substituents is 1. The number of rotatable bonds is 3. The minimum atomic E-state index is -4.47. The van der Waals surface area contributed by atoms with Gasteiger partial charge in [-0.05, 0) is 30.3 Å². The average Bonchev–Trinajstić information content (AvgIpc) is 3.04. The normalized spacial score (nSPS) is 11.5. The van der Waals surface area contributed by atoms with Crippen LogP contribution in [0, 0.1) is 10.1 Å². The lowest BCUT2D eigenvalue weighted by Gasteiger charge is -2.10. The first-order chi connectivity index (χ1) is 11.4. The van der Waals surface area contributed by atoms with Crippen molar-refractivity contribution in [3.63, 3.8) is 0 Å². The third-order valence-corrected chi connectivity index (χ3v) is 3.30. The fraction of sp³-hybridized carbons (Fsp3) is 0.0667. The molecule has 0 aliphatic heterocycles. The molecule has 0 spiro atoms. The molecule has 1 aromatic heterocycles. The van der Waals surface area contributed by atoms with E-state index in [0.717, 1.165) is 12.1 Å². The monoisotopic (exact) mass is 334 g/mol. The summed E-state index contributed by atoms with van der Waals surface area (Å²) in [6.07, 6.45) is -3.26. The van der Waals surface area contributed by atoms with Gasteiger partial charge in [-0.1, -0.05) is 6.07 Å². The number of non-ortho nitro benzene ring substituents is 1. The van der Waals surface area contributed by atoms with E-state index in [0.29, 0.717) is 5.56 Å². The fourth-order valence-corrected chi connectivity index (χ4v) is 2.17. The van der Waals surface area contributed by atoms with Gasteiger partial charge in [0.1, 0.15) is 6.33 Å². The molecule has 3 aromatic rings. The summed E-state index contributed by atoms with van der Waals surface area (Å²) in [5.41, 5.74) is -0.208. The van der Waals surface area contributed by atoms with Crippen LogP contribution in [0.3, 0.4) is 0 Å². The summed E-state index contributed by atoms with van der Waals surface area (Å²) in [7, 11) is 0. The van der Waals surface area contributed by atoms with Gasteiger partial charge in [-0.25, -0.2) is 9.67 Å². The third kappa shape index (κ3) is 2.96. The smallest absolute Gasteiger partial charge is 0.258 e. The maximum absolute atomic E-state index is 12.8. The van der Waals surface area contributed by atoms with Crippen molar-refractivity contribution in [2.24, 2.45) is 0 Å². The van der Waals surface area contributed by atoms with Crippen molar-refractivity contribution in [3.05, 3.63) is 70.5 Å². The van der Waals surface area contributed by atoms with Gasteiger partial charge >= 0.3 is 6.18 Å². The topological polar surface area (TPSA) is 73.8 Å². The van der Waals surface area contributed by atoms with Crippen molar-refractivity contribution in [1.82, 2.24) is 14.8 Å². The molecule has 0 fully saturated rings. The Morgan fingerprint density at radius 1 is 1.08 bits per heavy atom. The van der Waals surface area contributed by atoms with Crippen molar-refractivity contribution in [1.29, 1.82) is 0 Å². The van der Waals surface area contributed by atoms with E-state index in [-0.39, 0.29) is 17.2 Å². The molecule has 0 amide bonds. The lowest BCUT2D eigenvalue weighted by Crippen LogP contribution is -2.07. The number of aromatic nitrogens is 3. The molecule has 0 aliphatic rings. The first-order valence-electron chi connectivity index (χ1n) is 6.69. The molecule has 0 radical (unpaired) electrons. The Balaban J connectivity index is 2.03. The van der Waals surface area contributed by atoms with Gasteiger partial charge in [0.15, 0.2) is 5.82 Å². The maximum Gasteiger partial charge on any atom is 0.416 e. The first kappa shape index (κ1) is 15.7. The standard InChI is InChI=1S/C15H9F3N4O2/c16-15(17,18)11-2-1-3-13(8-11)21-14(19-9-20-21)10-4-6-12(7-5-10)22(23)24/h1-9H. The van der Waals surface area contributed by atoms with Gasteiger partial charge in [0.05, 0.1) is 16.2 Å². The summed E-state index contributed by atoms with van der Waals surface area (Å²) in [5, 5.41) is 14.6. The molecule has 0 N–H and O–H groups in total. The van der Waals surface area contributed by atoms with Crippen LogP contribution in [0.25, 0.3) is 17.1 Å². The second kappa shape index (κ2) is 5.76. The van der Waals surface area contributed by atoms with Gasteiger partial charge in [0.25, 0.3) is 5.69 Å². The van der Waals surface area contributed by atoms with Gasteiger partial charge < -0.3 is 0 Å². The minimum Gasteiger partial charge on any atom is -0.258 e. The number of hydrogen-bond acceptors (Lipinski definition) is 4. The molecule has 0 saturated carbocycles. The van der Waals surface area contributed by atoms with Crippen LogP contribution in [0.15, 0.2) is 54.9 Å². The van der Waals surface area contributed by atoms with Crippen LogP contribution in [0.2, 0.25) is 0 Å². The predicted octanol–water partition coefficient (Wildman–Crippen LogP) is 3.86. The van der Waals surface area contributed by atoms with Crippen LogP contribution >= 0.6 is 0 Å². The number of benzene rings is 2. The first-order valence-corrected chi connectivity index (χ1v) is 6.69. The van der Waals surface area contributed by atoms with E-state index in [9.17, 15) is 23.3 Å². The molecular weight excluding hydrogens is 325 g/mol. The molecule has 0 saturated heterocycles. The van der Waals surface area contributed by atoms with Gasteiger partial charge in [0.2, 0.25) is 0 Å². The summed E-state index contributed by atoms with van der Waals surface area (Å²) in [5.74, 6) is 0.282. The highest BCUT2D eigenvalue weighted by Gasteiger charge is 2.30. The van der Waals surface area contributed by atoms with Crippen molar-refractivity contribution < 1.29 is 18.1 Å². The quantitative estimate of drug-likeness (QED) is 0.538. The van der Waals surface area contributed by atoms with Crippen LogP contribution in [0.5, 0.6) is 0 Å². The zero-order chi connectivity index (χ0) is 17.3. The van der Waals surface area contributed by atoms with Crippen molar-refractivity contribution >= 4 is 5.69 Å². The highest BCUT2D eigenvalue weighted by Crippen LogP contribution is 2.31. The van der Waals surface area contributed by atoms with E-state index in [2.05, 4.69) is 10.1 Å². The Labute approximate surface area is 133 Å². The largest absolute Gasteiger partial charge is 0.416 e. The Bertz CT molecular complexity index is 888. The predicted molar refractivity (Wildman–Crippen MR) is 78.5 cm³/mol. The van der Waals surface area contributed by atoms with Gasteiger partial charge in [-0.3, -0.25) is 10.1 Å². The highest BCUT2D eigenvalue weighted by atomic mass is 19.4. The molecule has 3 rings (SSSR count). The van der Waals surface area contributed by atoms with Crippen molar-refractivity contribution in [2.45, 2.75) is 6.18 Å². The number of nitrogens with zero attached hydrogens (tertiary/aromatic N) is 4. The molecule has 24 heavy (non-hydrogen) atoms. The number of nitro groups is 1. The molecule has 9 heteroatoms. The molecule has 6 nitrogen and oxygen atoms in total. The third-order valence-electron chi connectivity index (χ3n) is 3.30. The summed E-state index contributed by atoms with van der Waals surface area (Å²) in [6.45, 7) is 0. The Hall–Kier alpha value is -3.23. The van der Waals surface area contributed by atoms with Crippen molar-refractivity contribution in [3.8, 4) is 17.1 Å². The van der Waals surface area contributed by atoms with E-state index in [1.54, 1.807) is 0 Å². The van der Waals surface area contributed by atoms with Crippen molar-refractivity contribution in [2.75, 3.05) is 0 Å². The maximum atomic E-state index is 12.8. The number of alkyl halides is 3. The second-order valence-corrected chi connectivity index (χ2v) is 4.85. The van der Waals surface area contributed by atoms with E-state index in [1.165, 1.54) is 47.4 Å². The van der Waals surface area contributed by atoms with E-state index >= 15 is 0 Å². The summed E-state index contributed by atoms with van der Waals surface area (Å²) in [4.78, 5) is 14.2. The lowest BCUT2D eigenvalue weighted by atomic mass is 10.1. The summed E-state index contributed by atoms with van der Waals surface area (Å²) >= 11 is 0. The Morgan fingerprint density at radius 3 is 2.42 bits per heavy atom. The van der Waals surface area contributed by atoms with Crippen LogP contribution in [0.1, 0.15) is 5.56 Å². The van der Waals surface area contributed by atoms with Crippen LogP contribution in [0.4, 0.5) is 18.9 Å². The molecular formula is C15H9F3N4O2. The summed E-state index contributed by atoms with van der Waals surface area (Å²) in [6, 6.07) is 10.2. The minimum absolute atomic E-state index is 0.0936. The second-order valence-electron chi connectivity index (χ2n) is 4.85. The van der Waals surface area contributed by atoms with Crippen LogP contribution in [-0.4, -0.2) is 19.7 Å². The molecule has 0 aliphatic carbocycles. The SMILES string of the molecule is O=[N+]([O-])c1ccc(-c2ncnn2-c2cccc(C(F)(F)F)c2)cc1. The molecule has 0 unspecified atom stereocenters. The van der Waals surface area contributed by atoms with E-state index in [4.69, 9.17) is 0 Å².